The Kier molecular flexibility index (Phi) is 5.43. The summed E-state index contributed by atoms with van der Waals surface area (Å²) in [5.74, 6) is -0.149. The number of aliphatic hydroxyl groups excluding tert-OH is 1. The number of hydrogen-bond acceptors (Lipinski definition) is 6. The lowest BCUT2D eigenvalue weighted by molar-refractivity contribution is 0.0745. The zero-order chi connectivity index (χ0) is 23.0. The van der Waals surface area contributed by atoms with E-state index in [0.717, 1.165) is 17.7 Å². The number of aromatic nitrogens is 4. The van der Waals surface area contributed by atoms with Gasteiger partial charge in [-0.3, -0.25) is 14.5 Å². The highest BCUT2D eigenvalue weighted by Gasteiger charge is 2.30. The van der Waals surface area contributed by atoms with Crippen molar-refractivity contribution in [3.05, 3.63) is 53.7 Å². The van der Waals surface area contributed by atoms with E-state index >= 15 is 0 Å². The Balaban J connectivity index is 1.51. The molecule has 0 spiro atoms. The second-order valence-corrected chi connectivity index (χ2v) is 9.32. The minimum Gasteiger partial charge on any atom is -0.395 e. The van der Waals surface area contributed by atoms with E-state index in [1.807, 2.05) is 23.1 Å². The molecule has 0 aromatic carbocycles. The van der Waals surface area contributed by atoms with Gasteiger partial charge in [0.05, 0.1) is 36.3 Å². The molecular formula is C25H26N6O2. The Morgan fingerprint density at radius 3 is 2.76 bits per heavy atom. The predicted molar refractivity (Wildman–Crippen MR) is 122 cm³/mol. The highest BCUT2D eigenvalue weighted by Crippen LogP contribution is 2.39. The van der Waals surface area contributed by atoms with Gasteiger partial charge in [-0.2, -0.15) is 10.4 Å². The normalized spacial score (nSPS) is 16.8. The van der Waals surface area contributed by atoms with Gasteiger partial charge in [-0.25, -0.2) is 4.98 Å². The Morgan fingerprint density at radius 2 is 2.00 bits per heavy atom. The van der Waals surface area contributed by atoms with E-state index in [4.69, 9.17) is 0 Å². The van der Waals surface area contributed by atoms with E-state index in [9.17, 15) is 15.2 Å². The van der Waals surface area contributed by atoms with Crippen LogP contribution < -0.4 is 0 Å². The van der Waals surface area contributed by atoms with E-state index in [1.54, 1.807) is 23.2 Å². The maximum absolute atomic E-state index is 12.7. The molecule has 5 rings (SSSR count). The van der Waals surface area contributed by atoms with Crippen LogP contribution in [-0.4, -0.2) is 48.8 Å². The second-order valence-electron chi connectivity index (χ2n) is 9.32. The molecule has 0 unspecified atom stereocenters. The maximum atomic E-state index is 12.7. The summed E-state index contributed by atoms with van der Waals surface area (Å²) in [6.07, 6.45) is 10.5. The van der Waals surface area contributed by atoms with Crippen molar-refractivity contribution < 1.29 is 9.90 Å². The van der Waals surface area contributed by atoms with Crippen LogP contribution in [0.5, 0.6) is 0 Å². The first kappa shape index (κ1) is 21.3. The van der Waals surface area contributed by atoms with Crippen LogP contribution in [0.1, 0.15) is 54.4 Å². The number of pyridine rings is 2. The molecule has 3 aromatic heterocycles. The average molecular weight is 443 g/mol. The van der Waals surface area contributed by atoms with E-state index < -0.39 is 0 Å². The fraction of sp³-hybridized carbons (Fsp3) is 0.400. The van der Waals surface area contributed by atoms with Gasteiger partial charge in [-0.05, 0) is 36.5 Å². The zero-order valence-corrected chi connectivity index (χ0v) is 18.7. The Hall–Kier alpha value is -3.57. The molecule has 0 saturated heterocycles. The summed E-state index contributed by atoms with van der Waals surface area (Å²) in [6.45, 7) is 3.77. The summed E-state index contributed by atoms with van der Waals surface area (Å²) in [7, 11) is 0. The third-order valence-electron chi connectivity index (χ3n) is 6.78. The molecule has 168 valence electrons. The highest BCUT2D eigenvalue weighted by atomic mass is 16.3. The Labute approximate surface area is 192 Å². The fourth-order valence-electron chi connectivity index (χ4n) is 5.00. The van der Waals surface area contributed by atoms with Crippen LogP contribution in [0.2, 0.25) is 0 Å². The van der Waals surface area contributed by atoms with Crippen LogP contribution in [0.3, 0.4) is 0 Å². The van der Waals surface area contributed by atoms with Crippen molar-refractivity contribution >= 4 is 5.91 Å². The number of amides is 1. The molecule has 8 nitrogen and oxygen atoms in total. The largest absolute Gasteiger partial charge is 0.395 e. The van der Waals surface area contributed by atoms with Crippen molar-refractivity contribution in [3.8, 4) is 28.5 Å². The quantitative estimate of drug-likeness (QED) is 0.627. The smallest absolute Gasteiger partial charge is 0.256 e. The lowest BCUT2D eigenvalue weighted by Gasteiger charge is -2.22. The Morgan fingerprint density at radius 1 is 1.18 bits per heavy atom. The summed E-state index contributed by atoms with van der Waals surface area (Å²) in [5.41, 5.74) is 4.82. The molecule has 1 saturated carbocycles. The van der Waals surface area contributed by atoms with E-state index in [1.165, 1.54) is 25.7 Å². The topological polar surface area (TPSA) is 108 Å². The first-order valence-corrected chi connectivity index (χ1v) is 11.3. The van der Waals surface area contributed by atoms with Crippen LogP contribution in [0, 0.1) is 16.7 Å². The minimum absolute atomic E-state index is 0.0917. The maximum Gasteiger partial charge on any atom is 0.256 e. The van der Waals surface area contributed by atoms with Crippen molar-refractivity contribution in [1.29, 1.82) is 5.26 Å². The average Bonchev–Trinajstić information content (AvgIpc) is 3.54. The van der Waals surface area contributed by atoms with Gasteiger partial charge >= 0.3 is 0 Å². The number of nitriles is 1. The lowest BCUT2D eigenvalue weighted by atomic mass is 9.89. The predicted octanol–water partition coefficient (Wildman–Crippen LogP) is 3.41. The number of nitrogens with zero attached hydrogens (tertiary/aromatic N) is 6. The van der Waals surface area contributed by atoms with E-state index in [2.05, 4.69) is 28.1 Å². The first-order chi connectivity index (χ1) is 16.0. The fourth-order valence-corrected chi connectivity index (χ4v) is 5.00. The summed E-state index contributed by atoms with van der Waals surface area (Å²) < 4.78 is 2.00. The SMILES string of the molecule is CC1(Cn2cc(-c3ccc(C#N)nc3-c3cnc4c(c3)C(=O)N(CCO)C4)cn2)CCCC1. The molecule has 0 radical (unpaired) electrons. The van der Waals surface area contributed by atoms with Crippen LogP contribution in [0.4, 0.5) is 0 Å². The number of fused-ring (bicyclic) bond motifs is 1. The van der Waals surface area contributed by atoms with Gasteiger partial charge in [-0.1, -0.05) is 19.8 Å². The van der Waals surface area contributed by atoms with E-state index in [0.29, 0.717) is 34.8 Å². The van der Waals surface area contributed by atoms with Crippen LogP contribution in [-0.2, 0) is 13.1 Å². The van der Waals surface area contributed by atoms with Gasteiger partial charge in [0, 0.05) is 42.2 Å². The van der Waals surface area contributed by atoms with Crippen LogP contribution >= 0.6 is 0 Å². The molecule has 1 aliphatic carbocycles. The van der Waals surface area contributed by atoms with Gasteiger partial charge in [0.1, 0.15) is 11.8 Å². The minimum atomic E-state index is -0.149. The van der Waals surface area contributed by atoms with Gasteiger partial charge in [0.2, 0.25) is 0 Å². The van der Waals surface area contributed by atoms with Gasteiger partial charge < -0.3 is 10.0 Å². The number of β-amino-alcohol motifs (C(OH)–C–C–N with tert-alkyl or cyclic N) is 1. The van der Waals surface area contributed by atoms with Gasteiger partial charge in [0.25, 0.3) is 5.91 Å². The second kappa shape index (κ2) is 8.41. The van der Waals surface area contributed by atoms with Crippen LogP contribution in [0.25, 0.3) is 22.4 Å². The molecule has 2 aliphatic rings. The highest BCUT2D eigenvalue weighted by molar-refractivity contribution is 5.99. The number of carbonyl (C=O) groups is 1. The number of rotatable bonds is 6. The molecule has 1 amide bonds. The monoisotopic (exact) mass is 442 g/mol. The van der Waals surface area contributed by atoms with Crippen molar-refractivity contribution in [2.75, 3.05) is 13.2 Å². The first-order valence-electron chi connectivity index (χ1n) is 11.3. The van der Waals surface area contributed by atoms with Crippen molar-refractivity contribution in [3.63, 3.8) is 0 Å². The third-order valence-corrected chi connectivity index (χ3v) is 6.78. The molecule has 33 heavy (non-hydrogen) atoms. The molecule has 1 fully saturated rings. The molecular weight excluding hydrogens is 416 g/mol. The van der Waals surface area contributed by atoms with Crippen molar-refractivity contribution in [2.24, 2.45) is 5.41 Å². The molecule has 4 heterocycles. The molecule has 3 aromatic rings. The summed E-state index contributed by atoms with van der Waals surface area (Å²) >= 11 is 0. The molecule has 0 atom stereocenters. The number of aliphatic hydroxyl groups is 1. The van der Waals surface area contributed by atoms with Crippen LogP contribution in [0.15, 0.2) is 36.8 Å². The summed E-state index contributed by atoms with van der Waals surface area (Å²) in [5, 5.41) is 23.2. The molecule has 1 N–H and O–H groups in total. The molecule has 8 heteroatoms. The summed E-state index contributed by atoms with van der Waals surface area (Å²) in [4.78, 5) is 23.4. The standard InChI is InChI=1S/C25H26N6O2/c1-25(6-2-3-7-25)16-31-14-18(13-28-31)20-5-4-19(11-26)29-23(20)17-10-21-22(27-12-17)15-30(8-9-32)24(21)33/h4-5,10,12-14,32H,2-3,6-9,15-16H2,1H3. The lowest BCUT2D eigenvalue weighted by Crippen LogP contribution is -2.26. The van der Waals surface area contributed by atoms with Gasteiger partial charge in [0.15, 0.2) is 0 Å². The zero-order valence-electron chi connectivity index (χ0n) is 18.7. The third kappa shape index (κ3) is 4.00. The Bertz CT molecular complexity index is 1250. The van der Waals surface area contributed by atoms with Crippen molar-refractivity contribution in [2.45, 2.75) is 45.7 Å². The van der Waals surface area contributed by atoms with Gasteiger partial charge in [-0.15, -0.1) is 0 Å². The summed E-state index contributed by atoms with van der Waals surface area (Å²) in [6, 6.07) is 7.47. The molecule has 1 aliphatic heterocycles. The number of hydrogen-bond donors (Lipinski definition) is 1. The molecule has 0 bridgehead atoms. The number of carbonyl (C=O) groups excluding carboxylic acids is 1. The van der Waals surface area contributed by atoms with E-state index in [-0.39, 0.29) is 24.5 Å². The van der Waals surface area contributed by atoms with Crippen molar-refractivity contribution in [1.82, 2.24) is 24.6 Å².